The predicted molar refractivity (Wildman–Crippen MR) is 199 cm³/mol. The van der Waals surface area contributed by atoms with Gasteiger partial charge < -0.3 is 25.4 Å². The molecule has 13 nitrogen and oxygen atoms in total. The molecule has 51 heavy (non-hydrogen) atoms. The van der Waals surface area contributed by atoms with Crippen LogP contribution in [0.5, 0.6) is 0 Å². The number of nitrogens with one attached hydrogen (secondary N) is 2. The van der Waals surface area contributed by atoms with Crippen LogP contribution in [-0.2, 0) is 30.3 Å². The van der Waals surface area contributed by atoms with E-state index >= 15 is 0 Å². The Hall–Kier alpha value is -3.08. The monoisotopic (exact) mass is 764 g/mol. The number of likely N-dealkylation sites (tertiary alicyclic amines) is 1. The Kier molecular flexibility index (Phi) is 14.8. The number of ether oxygens (including phenoxy) is 1. The van der Waals surface area contributed by atoms with E-state index in [1.165, 1.54) is 29.6 Å². The normalized spacial score (nSPS) is 19.6. The summed E-state index contributed by atoms with van der Waals surface area (Å²) in [7, 11) is 3.68. The fourth-order valence-electron chi connectivity index (χ4n) is 6.59. The lowest BCUT2D eigenvalue weighted by Crippen LogP contribution is -2.60. The van der Waals surface area contributed by atoms with E-state index in [0.717, 1.165) is 48.0 Å². The van der Waals surface area contributed by atoms with Gasteiger partial charge in [-0.2, -0.15) is 11.8 Å². The average Bonchev–Trinajstić information content (AvgIpc) is 3.70. The van der Waals surface area contributed by atoms with E-state index in [-0.39, 0.29) is 54.3 Å². The van der Waals surface area contributed by atoms with Crippen molar-refractivity contribution >= 4 is 64.1 Å². The number of aryl methyl sites for hydroxylation is 1. The van der Waals surface area contributed by atoms with Crippen molar-refractivity contribution in [2.24, 2.45) is 17.8 Å². The maximum absolute atomic E-state index is 14.2. The van der Waals surface area contributed by atoms with Crippen LogP contribution in [0.2, 0.25) is 0 Å². The number of rotatable bonds is 17. The van der Waals surface area contributed by atoms with Gasteiger partial charge in [-0.05, 0) is 57.2 Å². The van der Waals surface area contributed by atoms with Crippen molar-refractivity contribution in [2.45, 2.75) is 103 Å². The maximum atomic E-state index is 14.2. The molecule has 0 bridgehead atoms. The van der Waals surface area contributed by atoms with Crippen LogP contribution in [0.4, 0.5) is 0 Å². The molecule has 2 saturated heterocycles. The van der Waals surface area contributed by atoms with Crippen LogP contribution in [0.1, 0.15) is 92.1 Å². The summed E-state index contributed by atoms with van der Waals surface area (Å²) in [6, 6.07) is -1.79. The number of likely N-dealkylation sites (N-methyl/N-ethyl adjacent to an activating group) is 2. The number of aliphatic carboxylic acids is 1. The number of nitrogens with zero attached hydrogens (tertiary/aromatic N) is 4. The Morgan fingerprint density at radius 2 is 1.78 bits per heavy atom. The van der Waals surface area contributed by atoms with Crippen LogP contribution in [0.15, 0.2) is 10.8 Å². The number of esters is 1. The fraction of sp³-hybridized carbons (Fsp3) is 0.686. The number of carboxylic acid groups (broad SMARTS) is 1. The van der Waals surface area contributed by atoms with Crippen molar-refractivity contribution in [3.8, 4) is 0 Å². The molecule has 2 aliphatic heterocycles. The van der Waals surface area contributed by atoms with Crippen molar-refractivity contribution in [1.29, 1.82) is 0 Å². The zero-order valence-electron chi connectivity index (χ0n) is 30.5. The molecule has 0 saturated carbocycles. The minimum Gasteiger partial charge on any atom is -0.481 e. The van der Waals surface area contributed by atoms with Gasteiger partial charge >= 0.3 is 11.9 Å². The number of thioether (sulfide) groups is 1. The molecule has 0 unspecified atom stereocenters. The lowest BCUT2D eigenvalue weighted by molar-refractivity contribution is -0.149. The van der Waals surface area contributed by atoms with Crippen molar-refractivity contribution in [3.05, 3.63) is 32.2 Å². The van der Waals surface area contributed by atoms with E-state index in [2.05, 4.69) is 25.5 Å². The molecule has 4 rings (SSSR count). The Morgan fingerprint density at radius 1 is 1.06 bits per heavy atom. The molecule has 0 spiro atoms. The highest BCUT2D eigenvalue weighted by atomic mass is 32.2. The molecule has 2 fully saturated rings. The molecule has 3 amide bonds. The summed E-state index contributed by atoms with van der Waals surface area (Å²) < 4.78 is 5.77. The van der Waals surface area contributed by atoms with Gasteiger partial charge in [0.25, 0.3) is 5.91 Å². The van der Waals surface area contributed by atoms with Crippen LogP contribution < -0.4 is 10.6 Å². The van der Waals surface area contributed by atoms with Gasteiger partial charge in [0.1, 0.15) is 16.7 Å². The van der Waals surface area contributed by atoms with Crippen molar-refractivity contribution in [3.63, 3.8) is 0 Å². The molecule has 4 heterocycles. The summed E-state index contributed by atoms with van der Waals surface area (Å²) in [4.78, 5) is 77.8. The quantitative estimate of drug-likeness (QED) is 0.198. The standard InChI is InChI=1S/C35H52N6O7S3/c1-19(2)27(41(7)34(45)30(23-16-49-17-23)39-32(44)26-10-8-9-11-40(26)6)14-28(48-22(5)42)33-38-25(18-51-33)31(43)37-24(12-20(3)35(46)47)13-29-36-21(4)15-50-29/h15,18-20,23-24,26-28,30H,8-14,16-17H2,1-7H3,(H,37,43)(H,39,44)(H,46,47)/t20-,24+,26+,27+,28+,30-/m0/s1. The zero-order valence-corrected chi connectivity index (χ0v) is 33.0. The average molecular weight is 765 g/mol. The lowest BCUT2D eigenvalue weighted by Gasteiger charge is -2.40. The predicted octanol–water partition coefficient (Wildman–Crippen LogP) is 4.17. The van der Waals surface area contributed by atoms with Gasteiger partial charge in [-0.1, -0.05) is 27.2 Å². The fourth-order valence-corrected chi connectivity index (χ4v) is 9.18. The number of thiazole rings is 2. The molecule has 282 valence electrons. The molecule has 16 heteroatoms. The molecule has 0 aliphatic carbocycles. The van der Waals surface area contributed by atoms with Crippen LogP contribution in [0, 0.1) is 24.7 Å². The largest absolute Gasteiger partial charge is 0.481 e. The zero-order chi connectivity index (χ0) is 37.4. The molecule has 0 radical (unpaired) electrons. The Morgan fingerprint density at radius 3 is 2.35 bits per heavy atom. The molecular formula is C35H52N6O7S3. The first-order valence-corrected chi connectivity index (χ1v) is 20.5. The topological polar surface area (TPSA) is 171 Å². The molecular weight excluding hydrogens is 713 g/mol. The van der Waals surface area contributed by atoms with Gasteiger partial charge in [0, 0.05) is 61.3 Å². The summed E-state index contributed by atoms with van der Waals surface area (Å²) >= 11 is 4.39. The van der Waals surface area contributed by atoms with E-state index in [1.807, 2.05) is 33.2 Å². The van der Waals surface area contributed by atoms with Gasteiger partial charge in [0.15, 0.2) is 6.10 Å². The summed E-state index contributed by atoms with van der Waals surface area (Å²) in [5.74, 6) is -1.36. The lowest BCUT2D eigenvalue weighted by atomic mass is 9.93. The number of carboxylic acids is 1. The van der Waals surface area contributed by atoms with Crippen LogP contribution >= 0.6 is 34.4 Å². The first-order valence-electron chi connectivity index (χ1n) is 17.6. The SMILES string of the molecule is CC(=O)O[C@H](C[C@H](C(C)C)N(C)C(=O)[C@@H](NC(=O)[C@H]1CCCCN1C)C1CSC1)c1nc(C(=O)N[C@@H](Cc2nc(C)cs2)C[C@H](C)C(=O)O)cs1. The number of aromatic nitrogens is 2. The molecule has 6 atom stereocenters. The van der Waals surface area contributed by atoms with Gasteiger partial charge in [0.05, 0.1) is 17.0 Å². The molecule has 2 aromatic rings. The van der Waals surface area contributed by atoms with Gasteiger partial charge in [-0.25, -0.2) is 9.97 Å². The van der Waals surface area contributed by atoms with Gasteiger partial charge in [-0.3, -0.25) is 28.9 Å². The molecule has 2 aromatic heterocycles. The second-order valence-electron chi connectivity index (χ2n) is 14.2. The second-order valence-corrected chi connectivity index (χ2v) is 17.1. The highest BCUT2D eigenvalue weighted by molar-refractivity contribution is 8.00. The van der Waals surface area contributed by atoms with Crippen molar-refractivity contribution < 1.29 is 33.8 Å². The van der Waals surface area contributed by atoms with Crippen molar-refractivity contribution in [1.82, 2.24) is 30.4 Å². The van der Waals surface area contributed by atoms with Crippen LogP contribution in [-0.4, -0.2) is 111 Å². The van der Waals surface area contributed by atoms with Crippen molar-refractivity contribution in [2.75, 3.05) is 32.1 Å². The third kappa shape index (κ3) is 11.2. The number of hydrogen-bond donors (Lipinski definition) is 3. The third-order valence-corrected chi connectivity index (χ3v) is 12.9. The highest BCUT2D eigenvalue weighted by Crippen LogP contribution is 2.33. The number of carbonyl (C=O) groups is 5. The molecule has 0 aromatic carbocycles. The Labute approximate surface area is 312 Å². The van der Waals surface area contributed by atoms with E-state index in [9.17, 15) is 29.1 Å². The molecule has 3 N–H and O–H groups in total. The first-order chi connectivity index (χ1) is 24.1. The summed E-state index contributed by atoms with van der Waals surface area (Å²) in [5, 5.41) is 20.3. The van der Waals surface area contributed by atoms with E-state index in [4.69, 9.17) is 4.74 Å². The number of piperidine rings is 1. The van der Waals surface area contributed by atoms with E-state index in [1.54, 1.807) is 36.0 Å². The number of carbonyl (C=O) groups excluding carboxylic acids is 4. The maximum Gasteiger partial charge on any atom is 0.306 e. The van der Waals surface area contributed by atoms with Crippen LogP contribution in [0.3, 0.4) is 0 Å². The third-order valence-electron chi connectivity index (χ3n) is 9.66. The minimum absolute atomic E-state index is 0.0295. The van der Waals surface area contributed by atoms with Gasteiger partial charge in [-0.15, -0.1) is 22.7 Å². The summed E-state index contributed by atoms with van der Waals surface area (Å²) in [6.45, 7) is 9.62. The first kappa shape index (κ1) is 40.7. The highest BCUT2D eigenvalue weighted by Gasteiger charge is 2.41. The summed E-state index contributed by atoms with van der Waals surface area (Å²) in [5.41, 5.74) is 0.979. The van der Waals surface area contributed by atoms with E-state index < -0.39 is 42.0 Å². The molecule has 2 aliphatic rings. The second kappa shape index (κ2) is 18.6. The van der Waals surface area contributed by atoms with E-state index in [0.29, 0.717) is 11.4 Å². The number of hydrogen-bond acceptors (Lipinski definition) is 12. The Balaban J connectivity index is 1.50. The Bertz CT molecular complexity index is 1530. The van der Waals surface area contributed by atoms with Crippen LogP contribution in [0.25, 0.3) is 0 Å². The van der Waals surface area contributed by atoms with Gasteiger partial charge in [0.2, 0.25) is 11.8 Å². The smallest absolute Gasteiger partial charge is 0.306 e. The minimum atomic E-state index is -0.954. The number of amides is 3. The summed E-state index contributed by atoms with van der Waals surface area (Å²) in [6.07, 6.45) is 2.78.